The quantitative estimate of drug-likeness (QED) is 0.852. The van der Waals surface area contributed by atoms with E-state index in [1.807, 2.05) is 13.0 Å². The van der Waals surface area contributed by atoms with Gasteiger partial charge in [-0.2, -0.15) is 0 Å². The molecule has 1 heterocycles. The van der Waals surface area contributed by atoms with Crippen molar-refractivity contribution < 1.29 is 14.1 Å². The van der Waals surface area contributed by atoms with Crippen LogP contribution in [0.4, 0.5) is 5.82 Å². The molecule has 6 heteroatoms. The van der Waals surface area contributed by atoms with Crippen molar-refractivity contribution in [3.05, 3.63) is 35.9 Å². The standard InChI is InChI=1S/C14H16N2O3S/c1-2-20(19)8-7-15-13-9-11(14(17)18)10-5-3-4-6-12(10)16-13/h3-6,9H,2,7-8H2,1H3,(H,15,16)(H,17,18). The number of nitrogens with one attached hydrogen (secondary N) is 1. The molecule has 0 aliphatic rings. The maximum Gasteiger partial charge on any atom is 0.336 e. The number of rotatable bonds is 6. The number of fused-ring (bicyclic) bond motifs is 1. The van der Waals surface area contributed by atoms with E-state index in [4.69, 9.17) is 0 Å². The summed E-state index contributed by atoms with van der Waals surface area (Å²) in [5, 5.41) is 12.9. The molecule has 1 unspecified atom stereocenters. The van der Waals surface area contributed by atoms with Crippen molar-refractivity contribution in [3.63, 3.8) is 0 Å². The molecule has 2 N–H and O–H groups in total. The first-order valence-corrected chi connectivity index (χ1v) is 7.82. The van der Waals surface area contributed by atoms with Crippen molar-refractivity contribution in [2.24, 2.45) is 0 Å². The van der Waals surface area contributed by atoms with Gasteiger partial charge in [-0.3, -0.25) is 4.21 Å². The first-order valence-electron chi connectivity index (χ1n) is 6.33. The lowest BCUT2D eigenvalue weighted by molar-refractivity contribution is 0.0699. The van der Waals surface area contributed by atoms with Crippen LogP contribution in [0.5, 0.6) is 0 Å². The van der Waals surface area contributed by atoms with E-state index in [-0.39, 0.29) is 5.56 Å². The molecule has 2 aromatic rings. The summed E-state index contributed by atoms with van der Waals surface area (Å²) in [5.41, 5.74) is 0.848. The Bertz CT molecular complexity index is 658. The topological polar surface area (TPSA) is 79.3 Å². The second-order valence-electron chi connectivity index (χ2n) is 4.24. The molecule has 0 aliphatic heterocycles. The van der Waals surface area contributed by atoms with Gasteiger partial charge >= 0.3 is 5.97 Å². The van der Waals surface area contributed by atoms with Crippen molar-refractivity contribution in [3.8, 4) is 0 Å². The predicted octanol–water partition coefficient (Wildman–Crippen LogP) is 2.11. The van der Waals surface area contributed by atoms with Crippen molar-refractivity contribution >= 4 is 33.5 Å². The Hall–Kier alpha value is -1.95. The average Bonchev–Trinajstić information content (AvgIpc) is 2.46. The van der Waals surface area contributed by atoms with Gasteiger partial charge in [-0.05, 0) is 12.1 Å². The molecule has 0 amide bonds. The Labute approximate surface area is 119 Å². The molecule has 0 bridgehead atoms. The van der Waals surface area contributed by atoms with E-state index >= 15 is 0 Å². The van der Waals surface area contributed by atoms with Gasteiger partial charge in [0.2, 0.25) is 0 Å². The molecule has 5 nitrogen and oxygen atoms in total. The van der Waals surface area contributed by atoms with Gasteiger partial charge in [0.25, 0.3) is 0 Å². The highest BCUT2D eigenvalue weighted by Crippen LogP contribution is 2.20. The molecule has 0 saturated carbocycles. The van der Waals surface area contributed by atoms with E-state index in [0.29, 0.717) is 34.8 Å². The Morgan fingerprint density at radius 1 is 1.40 bits per heavy atom. The van der Waals surface area contributed by atoms with Crippen LogP contribution in [0.1, 0.15) is 17.3 Å². The smallest absolute Gasteiger partial charge is 0.336 e. The van der Waals surface area contributed by atoms with E-state index in [1.54, 1.807) is 18.2 Å². The number of hydrogen-bond donors (Lipinski definition) is 2. The fraction of sp³-hybridized carbons (Fsp3) is 0.286. The van der Waals surface area contributed by atoms with Crippen LogP contribution in [-0.4, -0.2) is 38.3 Å². The predicted molar refractivity (Wildman–Crippen MR) is 80.7 cm³/mol. The SMILES string of the molecule is CCS(=O)CCNc1cc(C(=O)O)c2ccccc2n1. The minimum atomic E-state index is -0.983. The van der Waals surface area contributed by atoms with Crippen molar-refractivity contribution in [2.45, 2.75) is 6.92 Å². The Morgan fingerprint density at radius 2 is 2.15 bits per heavy atom. The third kappa shape index (κ3) is 3.33. The van der Waals surface area contributed by atoms with Crippen LogP contribution < -0.4 is 5.32 Å². The number of pyridine rings is 1. The first kappa shape index (κ1) is 14.5. The molecule has 1 atom stereocenters. The Balaban J connectivity index is 2.26. The number of aromatic nitrogens is 1. The summed E-state index contributed by atoms with van der Waals surface area (Å²) in [6, 6.07) is 8.63. The first-order chi connectivity index (χ1) is 9.61. The summed E-state index contributed by atoms with van der Waals surface area (Å²) < 4.78 is 11.3. The number of anilines is 1. The highest BCUT2D eigenvalue weighted by atomic mass is 32.2. The third-order valence-corrected chi connectivity index (χ3v) is 4.21. The van der Waals surface area contributed by atoms with Crippen LogP contribution in [0.2, 0.25) is 0 Å². The second-order valence-corrected chi connectivity index (χ2v) is 6.10. The van der Waals surface area contributed by atoms with E-state index < -0.39 is 16.8 Å². The average molecular weight is 292 g/mol. The van der Waals surface area contributed by atoms with E-state index in [0.717, 1.165) is 0 Å². The number of benzene rings is 1. The lowest BCUT2D eigenvalue weighted by Gasteiger charge is -2.08. The van der Waals surface area contributed by atoms with Crippen LogP contribution >= 0.6 is 0 Å². The molecular formula is C14H16N2O3S. The van der Waals surface area contributed by atoms with Gasteiger partial charge in [0.05, 0.1) is 11.1 Å². The summed E-state index contributed by atoms with van der Waals surface area (Å²) in [5.74, 6) is 0.652. The van der Waals surface area contributed by atoms with Gasteiger partial charge in [0.15, 0.2) is 0 Å². The molecule has 1 aromatic heterocycles. The van der Waals surface area contributed by atoms with Crippen molar-refractivity contribution in [1.82, 2.24) is 4.98 Å². The highest BCUT2D eigenvalue weighted by Gasteiger charge is 2.11. The van der Waals surface area contributed by atoms with Crippen LogP contribution in [0.15, 0.2) is 30.3 Å². The van der Waals surface area contributed by atoms with Crippen LogP contribution in [-0.2, 0) is 10.8 Å². The molecule has 0 spiro atoms. The van der Waals surface area contributed by atoms with E-state index in [2.05, 4.69) is 10.3 Å². The summed E-state index contributed by atoms with van der Waals surface area (Å²) in [4.78, 5) is 15.7. The molecule has 0 aliphatic carbocycles. The summed E-state index contributed by atoms with van der Waals surface area (Å²) in [7, 11) is -0.849. The van der Waals surface area contributed by atoms with E-state index in [9.17, 15) is 14.1 Å². The maximum absolute atomic E-state index is 11.3. The van der Waals surface area contributed by atoms with Gasteiger partial charge in [0.1, 0.15) is 5.82 Å². The third-order valence-electron chi connectivity index (χ3n) is 2.90. The zero-order valence-electron chi connectivity index (χ0n) is 11.1. The van der Waals surface area contributed by atoms with Gasteiger partial charge in [-0.25, -0.2) is 9.78 Å². The fourth-order valence-corrected chi connectivity index (χ4v) is 2.50. The Kier molecular flexibility index (Phi) is 4.68. The molecule has 0 saturated heterocycles. The summed E-state index contributed by atoms with van der Waals surface area (Å²) in [6.45, 7) is 2.37. The minimum absolute atomic E-state index is 0.217. The number of hydrogen-bond acceptors (Lipinski definition) is 4. The number of carbonyl (C=O) groups is 1. The normalized spacial score (nSPS) is 12.2. The lowest BCUT2D eigenvalue weighted by Crippen LogP contribution is -2.13. The molecule has 106 valence electrons. The number of para-hydroxylation sites is 1. The van der Waals surface area contributed by atoms with Gasteiger partial charge < -0.3 is 10.4 Å². The fourth-order valence-electron chi connectivity index (χ4n) is 1.88. The minimum Gasteiger partial charge on any atom is -0.478 e. The largest absolute Gasteiger partial charge is 0.478 e. The second kappa shape index (κ2) is 6.47. The maximum atomic E-state index is 11.3. The lowest BCUT2D eigenvalue weighted by atomic mass is 10.1. The zero-order valence-corrected chi connectivity index (χ0v) is 11.9. The molecule has 1 aromatic carbocycles. The van der Waals surface area contributed by atoms with Gasteiger partial charge in [-0.15, -0.1) is 0 Å². The number of carboxylic acid groups (broad SMARTS) is 1. The zero-order chi connectivity index (χ0) is 14.5. The van der Waals surface area contributed by atoms with Crippen LogP contribution in [0.3, 0.4) is 0 Å². The van der Waals surface area contributed by atoms with E-state index in [1.165, 1.54) is 6.07 Å². The van der Waals surface area contributed by atoms with Crippen molar-refractivity contribution in [1.29, 1.82) is 0 Å². The number of nitrogens with zero attached hydrogens (tertiary/aromatic N) is 1. The summed E-state index contributed by atoms with van der Waals surface area (Å²) in [6.07, 6.45) is 0. The van der Waals surface area contributed by atoms with Crippen LogP contribution in [0.25, 0.3) is 10.9 Å². The monoisotopic (exact) mass is 292 g/mol. The number of carboxylic acids is 1. The molecule has 0 fully saturated rings. The highest BCUT2D eigenvalue weighted by molar-refractivity contribution is 7.84. The van der Waals surface area contributed by atoms with Gasteiger partial charge in [0, 0.05) is 34.2 Å². The number of aromatic carboxylic acids is 1. The molecular weight excluding hydrogens is 276 g/mol. The van der Waals surface area contributed by atoms with Gasteiger partial charge in [-0.1, -0.05) is 25.1 Å². The van der Waals surface area contributed by atoms with Crippen LogP contribution in [0, 0.1) is 0 Å². The summed E-state index contributed by atoms with van der Waals surface area (Å²) >= 11 is 0. The molecule has 20 heavy (non-hydrogen) atoms. The molecule has 0 radical (unpaired) electrons. The Morgan fingerprint density at radius 3 is 2.85 bits per heavy atom. The molecule has 2 rings (SSSR count). The van der Waals surface area contributed by atoms with Crippen molar-refractivity contribution in [2.75, 3.05) is 23.4 Å².